The Morgan fingerprint density at radius 3 is 2.50 bits per heavy atom. The van der Waals surface area contributed by atoms with Crippen LogP contribution in [0.4, 0.5) is 0 Å². The highest BCUT2D eigenvalue weighted by molar-refractivity contribution is 5.19. The molecule has 0 amide bonds. The highest BCUT2D eigenvalue weighted by Crippen LogP contribution is 2.19. The van der Waals surface area contributed by atoms with Crippen molar-refractivity contribution in [1.29, 1.82) is 0 Å². The van der Waals surface area contributed by atoms with E-state index in [-0.39, 0.29) is 11.0 Å². The van der Waals surface area contributed by atoms with Gasteiger partial charge in [0.15, 0.2) is 0 Å². The molecule has 0 fully saturated rings. The number of rotatable bonds is 7. The molecule has 1 heterocycles. The average molecular weight is 279 g/mol. The van der Waals surface area contributed by atoms with Crippen molar-refractivity contribution in [1.82, 2.24) is 15.1 Å². The minimum absolute atomic E-state index is 0.0403. The third-order valence-electron chi connectivity index (χ3n) is 3.27. The van der Waals surface area contributed by atoms with E-state index in [9.17, 15) is 4.79 Å². The molecule has 1 rings (SSSR count). The van der Waals surface area contributed by atoms with E-state index in [1.165, 1.54) is 0 Å². The fourth-order valence-corrected chi connectivity index (χ4v) is 1.98. The van der Waals surface area contributed by atoms with Crippen molar-refractivity contribution in [3.05, 3.63) is 27.7 Å². The molecule has 0 aliphatic rings. The summed E-state index contributed by atoms with van der Waals surface area (Å²) in [5.74, 6) is 0. The van der Waals surface area contributed by atoms with Crippen molar-refractivity contribution in [3.63, 3.8) is 0 Å². The van der Waals surface area contributed by atoms with Gasteiger partial charge in [0.2, 0.25) is 0 Å². The second-order valence-electron chi connectivity index (χ2n) is 6.36. The summed E-state index contributed by atoms with van der Waals surface area (Å²) in [5.41, 5.74) is 1.82. The largest absolute Gasteiger partial charge is 0.312 e. The molecule has 0 aliphatic heterocycles. The lowest BCUT2D eigenvalue weighted by Crippen LogP contribution is -2.32. The lowest BCUT2D eigenvalue weighted by Gasteiger charge is -2.20. The minimum Gasteiger partial charge on any atom is -0.312 e. The van der Waals surface area contributed by atoms with Crippen LogP contribution in [0.1, 0.15) is 65.1 Å². The zero-order chi connectivity index (χ0) is 15.2. The molecule has 0 atom stereocenters. The summed E-state index contributed by atoms with van der Waals surface area (Å²) < 4.78 is 1.62. The summed E-state index contributed by atoms with van der Waals surface area (Å²) >= 11 is 0. The van der Waals surface area contributed by atoms with E-state index in [1.807, 2.05) is 6.07 Å². The summed E-state index contributed by atoms with van der Waals surface area (Å²) in [7, 11) is 0. The third-order valence-corrected chi connectivity index (χ3v) is 3.27. The Kier molecular flexibility index (Phi) is 6.40. The van der Waals surface area contributed by atoms with E-state index >= 15 is 0 Å². The summed E-state index contributed by atoms with van der Waals surface area (Å²) in [6.45, 7) is 12.9. The van der Waals surface area contributed by atoms with Gasteiger partial charge in [-0.1, -0.05) is 41.0 Å². The van der Waals surface area contributed by atoms with Crippen LogP contribution in [0, 0.1) is 0 Å². The van der Waals surface area contributed by atoms with Crippen LogP contribution in [0.25, 0.3) is 0 Å². The minimum atomic E-state index is -0.0403. The third kappa shape index (κ3) is 4.75. The van der Waals surface area contributed by atoms with Gasteiger partial charge >= 0.3 is 0 Å². The van der Waals surface area contributed by atoms with Gasteiger partial charge in [-0.25, -0.2) is 4.68 Å². The number of nitrogens with one attached hydrogen (secondary N) is 1. The normalized spacial score (nSPS) is 11.8. The summed E-state index contributed by atoms with van der Waals surface area (Å²) in [6.07, 6.45) is 3.22. The SMILES string of the molecule is CCCCNCc1cc(C(C)(C)C)nn(CCC)c1=O. The van der Waals surface area contributed by atoms with Gasteiger partial charge in [-0.2, -0.15) is 5.10 Å². The van der Waals surface area contributed by atoms with Crippen LogP contribution in [0.3, 0.4) is 0 Å². The van der Waals surface area contributed by atoms with E-state index < -0.39 is 0 Å². The zero-order valence-corrected chi connectivity index (χ0v) is 13.6. The fourth-order valence-electron chi connectivity index (χ4n) is 1.98. The van der Waals surface area contributed by atoms with Crippen LogP contribution in [-0.4, -0.2) is 16.3 Å². The number of unbranched alkanes of at least 4 members (excludes halogenated alkanes) is 1. The number of nitrogens with zero attached hydrogens (tertiary/aromatic N) is 2. The number of aromatic nitrogens is 2. The lowest BCUT2D eigenvalue weighted by molar-refractivity contribution is 0.488. The van der Waals surface area contributed by atoms with Crippen LogP contribution in [-0.2, 0) is 18.5 Å². The lowest BCUT2D eigenvalue weighted by atomic mass is 9.91. The Labute approximate surface area is 122 Å². The molecule has 0 bridgehead atoms. The van der Waals surface area contributed by atoms with Gasteiger partial charge < -0.3 is 5.32 Å². The van der Waals surface area contributed by atoms with Crippen molar-refractivity contribution in [3.8, 4) is 0 Å². The molecule has 4 nitrogen and oxygen atoms in total. The maximum atomic E-state index is 12.4. The van der Waals surface area contributed by atoms with E-state index in [0.717, 1.165) is 37.1 Å². The summed E-state index contributed by atoms with van der Waals surface area (Å²) in [5, 5.41) is 7.87. The maximum Gasteiger partial charge on any atom is 0.271 e. The smallest absolute Gasteiger partial charge is 0.271 e. The van der Waals surface area contributed by atoms with Crippen molar-refractivity contribution in [2.75, 3.05) is 6.54 Å². The molecular formula is C16H29N3O. The molecule has 0 aromatic carbocycles. The second kappa shape index (κ2) is 7.58. The number of aryl methyl sites for hydroxylation is 1. The first-order valence-electron chi connectivity index (χ1n) is 7.72. The molecule has 114 valence electrons. The first-order chi connectivity index (χ1) is 9.40. The van der Waals surface area contributed by atoms with Gasteiger partial charge in [-0.15, -0.1) is 0 Å². The van der Waals surface area contributed by atoms with Crippen molar-refractivity contribution in [2.45, 2.75) is 72.4 Å². The van der Waals surface area contributed by atoms with Crippen LogP contribution >= 0.6 is 0 Å². The van der Waals surface area contributed by atoms with E-state index in [0.29, 0.717) is 13.1 Å². The van der Waals surface area contributed by atoms with E-state index in [2.05, 4.69) is 45.0 Å². The Balaban J connectivity index is 3.01. The predicted molar refractivity (Wildman–Crippen MR) is 84.1 cm³/mol. The second-order valence-corrected chi connectivity index (χ2v) is 6.36. The number of hydrogen-bond acceptors (Lipinski definition) is 3. The van der Waals surface area contributed by atoms with Crippen molar-refractivity contribution in [2.24, 2.45) is 0 Å². The molecule has 20 heavy (non-hydrogen) atoms. The summed E-state index contributed by atoms with van der Waals surface area (Å²) in [4.78, 5) is 12.4. The molecule has 0 aliphatic carbocycles. The Morgan fingerprint density at radius 1 is 1.25 bits per heavy atom. The molecule has 0 saturated carbocycles. The van der Waals surface area contributed by atoms with Gasteiger partial charge in [-0.05, 0) is 25.5 Å². The monoisotopic (exact) mass is 279 g/mol. The van der Waals surface area contributed by atoms with E-state index in [4.69, 9.17) is 0 Å². The van der Waals surface area contributed by atoms with Crippen molar-refractivity contribution >= 4 is 0 Å². The molecule has 4 heteroatoms. The van der Waals surface area contributed by atoms with Crippen LogP contribution in [0.2, 0.25) is 0 Å². The average Bonchev–Trinajstić information content (AvgIpc) is 2.37. The molecule has 1 aromatic heterocycles. The van der Waals surface area contributed by atoms with Crippen molar-refractivity contribution < 1.29 is 0 Å². The molecule has 0 unspecified atom stereocenters. The van der Waals surface area contributed by atoms with Crippen LogP contribution in [0.5, 0.6) is 0 Å². The highest BCUT2D eigenvalue weighted by atomic mass is 16.1. The maximum absolute atomic E-state index is 12.4. The standard InChI is InChI=1S/C16H29N3O/c1-6-8-9-17-12-13-11-14(16(3,4)5)18-19(10-7-2)15(13)20/h11,17H,6-10,12H2,1-5H3. The topological polar surface area (TPSA) is 46.9 Å². The van der Waals surface area contributed by atoms with Gasteiger partial charge in [0.1, 0.15) is 0 Å². The predicted octanol–water partition coefficient (Wildman–Crippen LogP) is 2.84. The first kappa shape index (κ1) is 16.9. The van der Waals surface area contributed by atoms with Crippen LogP contribution < -0.4 is 10.9 Å². The zero-order valence-electron chi connectivity index (χ0n) is 13.6. The summed E-state index contributed by atoms with van der Waals surface area (Å²) in [6, 6.07) is 1.97. The Hall–Kier alpha value is -1.16. The first-order valence-corrected chi connectivity index (χ1v) is 7.72. The quantitative estimate of drug-likeness (QED) is 0.781. The molecule has 1 N–H and O–H groups in total. The van der Waals surface area contributed by atoms with Gasteiger partial charge in [0.05, 0.1) is 5.69 Å². The molecule has 0 spiro atoms. The number of hydrogen-bond donors (Lipinski definition) is 1. The molecular weight excluding hydrogens is 250 g/mol. The van der Waals surface area contributed by atoms with Gasteiger partial charge in [0, 0.05) is 24.1 Å². The van der Waals surface area contributed by atoms with Gasteiger partial charge in [0.25, 0.3) is 5.56 Å². The highest BCUT2D eigenvalue weighted by Gasteiger charge is 2.19. The Morgan fingerprint density at radius 2 is 1.95 bits per heavy atom. The molecule has 0 radical (unpaired) electrons. The van der Waals surface area contributed by atoms with Gasteiger partial charge in [-0.3, -0.25) is 4.79 Å². The van der Waals surface area contributed by atoms with Crippen LogP contribution in [0.15, 0.2) is 10.9 Å². The Bertz CT molecular complexity index is 472. The fraction of sp³-hybridized carbons (Fsp3) is 0.750. The molecule has 0 saturated heterocycles. The molecule has 1 aromatic rings. The van der Waals surface area contributed by atoms with E-state index in [1.54, 1.807) is 4.68 Å².